The van der Waals surface area contributed by atoms with Crippen molar-refractivity contribution < 1.29 is 18.0 Å². The summed E-state index contributed by atoms with van der Waals surface area (Å²) >= 11 is -0.0853. The van der Waals surface area contributed by atoms with Crippen LogP contribution in [0.1, 0.15) is 33.1 Å². The molecule has 8 heteroatoms. The number of anilines is 1. The number of nitrogens with two attached hydrogens (primary N) is 1. The second kappa shape index (κ2) is 8.76. The van der Waals surface area contributed by atoms with Crippen molar-refractivity contribution in [1.82, 2.24) is 4.90 Å². The molecular formula is C21H30F3N3OS. The van der Waals surface area contributed by atoms with Crippen LogP contribution in [0.25, 0.3) is 0 Å². The molecule has 2 N–H and O–H groups in total. The predicted octanol–water partition coefficient (Wildman–Crippen LogP) is 4.35. The third-order valence-electron chi connectivity index (χ3n) is 6.29. The van der Waals surface area contributed by atoms with Crippen LogP contribution in [0.4, 0.5) is 18.9 Å². The number of benzene rings is 1. The SMILES string of the molecule is CC(C)C[C@@H](C(N)=O)N(C)[C@H]1CC[C@@H]2CN(c3ccc(SC(F)(F)F)cc3)C[C@@H]21. The van der Waals surface area contributed by atoms with Gasteiger partial charge in [-0.25, -0.2) is 0 Å². The van der Waals surface area contributed by atoms with Gasteiger partial charge in [-0.1, -0.05) is 13.8 Å². The lowest BCUT2D eigenvalue weighted by molar-refractivity contribution is -0.124. The van der Waals surface area contributed by atoms with Crippen LogP contribution in [0.5, 0.6) is 0 Å². The van der Waals surface area contributed by atoms with E-state index in [1.807, 2.05) is 7.05 Å². The number of hydrogen-bond donors (Lipinski definition) is 1. The van der Waals surface area contributed by atoms with Crippen LogP contribution in [0.2, 0.25) is 0 Å². The molecule has 1 aromatic carbocycles. The molecule has 0 bridgehead atoms. The molecule has 1 aliphatic carbocycles. The summed E-state index contributed by atoms with van der Waals surface area (Å²) in [4.78, 5) is 16.7. The van der Waals surface area contributed by atoms with Crippen LogP contribution in [-0.4, -0.2) is 48.5 Å². The first-order chi connectivity index (χ1) is 13.5. The minimum atomic E-state index is -4.27. The number of primary amides is 1. The van der Waals surface area contributed by atoms with E-state index in [1.165, 1.54) is 12.1 Å². The first-order valence-electron chi connectivity index (χ1n) is 10.2. The topological polar surface area (TPSA) is 49.6 Å². The fraction of sp³-hybridized carbons (Fsp3) is 0.667. The smallest absolute Gasteiger partial charge is 0.371 e. The van der Waals surface area contributed by atoms with Gasteiger partial charge in [0.2, 0.25) is 5.91 Å². The van der Waals surface area contributed by atoms with Crippen molar-refractivity contribution in [2.24, 2.45) is 23.5 Å². The van der Waals surface area contributed by atoms with Crippen LogP contribution >= 0.6 is 11.8 Å². The third kappa shape index (κ3) is 5.40. The molecule has 1 saturated carbocycles. The average molecular weight is 430 g/mol. The summed E-state index contributed by atoms with van der Waals surface area (Å²) in [6.07, 6.45) is 2.91. The summed E-state index contributed by atoms with van der Waals surface area (Å²) in [6.45, 7) is 5.96. The minimum Gasteiger partial charge on any atom is -0.371 e. The summed E-state index contributed by atoms with van der Waals surface area (Å²) in [5.41, 5.74) is 2.39. The molecular weight excluding hydrogens is 399 g/mol. The summed E-state index contributed by atoms with van der Waals surface area (Å²) < 4.78 is 37.6. The maximum atomic E-state index is 12.5. The number of carbonyl (C=O) groups excluding carboxylic acids is 1. The van der Waals surface area contributed by atoms with Crippen molar-refractivity contribution in [3.8, 4) is 0 Å². The van der Waals surface area contributed by atoms with Crippen LogP contribution < -0.4 is 10.6 Å². The molecule has 1 aliphatic heterocycles. The van der Waals surface area contributed by atoms with Crippen molar-refractivity contribution in [3.63, 3.8) is 0 Å². The number of hydrogen-bond acceptors (Lipinski definition) is 4. The van der Waals surface area contributed by atoms with Gasteiger partial charge in [-0.2, -0.15) is 13.2 Å². The quantitative estimate of drug-likeness (QED) is 0.655. The summed E-state index contributed by atoms with van der Waals surface area (Å²) in [7, 11) is 2.01. The van der Waals surface area contributed by atoms with Crippen LogP contribution in [-0.2, 0) is 4.79 Å². The summed E-state index contributed by atoms with van der Waals surface area (Å²) in [5, 5.41) is 0. The number of carbonyl (C=O) groups is 1. The third-order valence-corrected chi connectivity index (χ3v) is 7.03. The normalized spacial score (nSPS) is 25.7. The number of rotatable bonds is 7. The number of halogens is 3. The maximum Gasteiger partial charge on any atom is 0.446 e. The largest absolute Gasteiger partial charge is 0.446 e. The zero-order chi connectivity index (χ0) is 21.3. The lowest BCUT2D eigenvalue weighted by atomic mass is 9.94. The minimum absolute atomic E-state index is 0.0853. The average Bonchev–Trinajstić information content (AvgIpc) is 3.18. The maximum absolute atomic E-state index is 12.5. The molecule has 4 nitrogen and oxygen atoms in total. The zero-order valence-corrected chi connectivity index (χ0v) is 18.0. The second-order valence-electron chi connectivity index (χ2n) is 8.73. The van der Waals surface area contributed by atoms with Crippen molar-refractivity contribution in [2.45, 2.75) is 55.6 Å². The Balaban J connectivity index is 1.67. The van der Waals surface area contributed by atoms with Crippen LogP contribution in [0.3, 0.4) is 0 Å². The monoisotopic (exact) mass is 429 g/mol. The Morgan fingerprint density at radius 2 is 1.90 bits per heavy atom. The van der Waals surface area contributed by atoms with Gasteiger partial charge < -0.3 is 10.6 Å². The molecule has 0 unspecified atom stereocenters. The number of likely N-dealkylation sites (N-methyl/N-ethyl adjacent to an activating group) is 1. The van der Waals surface area contributed by atoms with E-state index in [2.05, 4.69) is 23.6 Å². The molecule has 0 aromatic heterocycles. The highest BCUT2D eigenvalue weighted by Gasteiger charge is 2.46. The van der Waals surface area contributed by atoms with E-state index in [9.17, 15) is 18.0 Å². The van der Waals surface area contributed by atoms with Gasteiger partial charge in [-0.15, -0.1) is 0 Å². The van der Waals surface area contributed by atoms with Crippen molar-refractivity contribution >= 4 is 23.4 Å². The van der Waals surface area contributed by atoms with E-state index in [1.54, 1.807) is 12.1 Å². The van der Waals surface area contributed by atoms with Crippen molar-refractivity contribution in [2.75, 3.05) is 25.0 Å². The molecule has 1 aromatic rings. The van der Waals surface area contributed by atoms with Gasteiger partial charge in [0.25, 0.3) is 0 Å². The van der Waals surface area contributed by atoms with Gasteiger partial charge in [-0.3, -0.25) is 9.69 Å². The van der Waals surface area contributed by atoms with Gasteiger partial charge in [0, 0.05) is 29.7 Å². The highest BCUT2D eigenvalue weighted by atomic mass is 32.2. The molecule has 1 amide bonds. The highest BCUT2D eigenvalue weighted by molar-refractivity contribution is 8.00. The van der Waals surface area contributed by atoms with E-state index in [0.717, 1.165) is 38.0 Å². The number of amides is 1. The van der Waals surface area contributed by atoms with E-state index in [0.29, 0.717) is 23.8 Å². The summed E-state index contributed by atoms with van der Waals surface area (Å²) in [6, 6.07) is 6.68. The first kappa shape index (κ1) is 22.3. The van der Waals surface area contributed by atoms with Gasteiger partial charge in [0.1, 0.15) is 0 Å². The number of fused-ring (bicyclic) bond motifs is 1. The van der Waals surface area contributed by atoms with Gasteiger partial charge in [-0.05, 0) is 80.1 Å². The lowest BCUT2D eigenvalue weighted by Crippen LogP contribution is -2.50. The molecule has 1 saturated heterocycles. The fourth-order valence-electron chi connectivity index (χ4n) is 4.97. The van der Waals surface area contributed by atoms with Gasteiger partial charge in [0.05, 0.1) is 6.04 Å². The molecule has 0 spiro atoms. The van der Waals surface area contributed by atoms with Crippen LogP contribution in [0.15, 0.2) is 29.2 Å². The van der Waals surface area contributed by atoms with Crippen LogP contribution in [0, 0.1) is 17.8 Å². The number of alkyl halides is 3. The van der Waals surface area contributed by atoms with Crippen molar-refractivity contribution in [3.05, 3.63) is 24.3 Å². The fourth-order valence-corrected chi connectivity index (χ4v) is 5.51. The Bertz CT molecular complexity index is 710. The second-order valence-corrected chi connectivity index (χ2v) is 9.87. The molecule has 1 heterocycles. The van der Waals surface area contributed by atoms with Gasteiger partial charge >= 0.3 is 5.51 Å². The predicted molar refractivity (Wildman–Crippen MR) is 111 cm³/mol. The van der Waals surface area contributed by atoms with E-state index in [4.69, 9.17) is 5.73 Å². The highest BCUT2D eigenvalue weighted by Crippen LogP contribution is 2.43. The Morgan fingerprint density at radius 3 is 2.45 bits per heavy atom. The van der Waals surface area contributed by atoms with E-state index in [-0.39, 0.29) is 28.6 Å². The summed E-state index contributed by atoms with van der Waals surface area (Å²) in [5.74, 6) is 1.11. The molecule has 29 heavy (non-hydrogen) atoms. The van der Waals surface area contributed by atoms with Gasteiger partial charge in [0.15, 0.2) is 0 Å². The van der Waals surface area contributed by atoms with E-state index < -0.39 is 5.51 Å². The molecule has 4 atom stereocenters. The lowest BCUT2D eigenvalue weighted by Gasteiger charge is -2.35. The number of nitrogens with zero attached hydrogens (tertiary/aromatic N) is 2. The zero-order valence-electron chi connectivity index (χ0n) is 17.2. The molecule has 2 aliphatic rings. The number of thioether (sulfide) groups is 1. The molecule has 2 fully saturated rings. The Morgan fingerprint density at radius 1 is 1.24 bits per heavy atom. The molecule has 162 valence electrons. The Kier molecular flexibility index (Phi) is 6.73. The molecule has 0 radical (unpaired) electrons. The Labute approximate surface area is 175 Å². The van der Waals surface area contributed by atoms with Crippen molar-refractivity contribution in [1.29, 1.82) is 0 Å². The first-order valence-corrected chi connectivity index (χ1v) is 11.0. The molecule has 3 rings (SSSR count). The van der Waals surface area contributed by atoms with E-state index >= 15 is 0 Å². The Hall–Kier alpha value is -1.41. The standard InChI is InChI=1S/C21H30F3N3OS/c1-13(2)10-19(20(25)28)26(3)18-9-4-14-11-27(12-17(14)18)15-5-7-16(8-6-15)29-21(22,23)24/h5-8,13-14,17-19H,4,9-12H2,1-3H3,(H2,25,28)/t14-,17+,18+,19+/m1/s1.